The van der Waals surface area contributed by atoms with Gasteiger partial charge in [0.05, 0.1) is 11.1 Å². The monoisotopic (exact) mass is 277 g/mol. The summed E-state index contributed by atoms with van der Waals surface area (Å²) < 4.78 is 4.89. The minimum Gasteiger partial charge on any atom is -0.365 e. The fourth-order valence-electron chi connectivity index (χ4n) is 3.48. The van der Waals surface area contributed by atoms with Gasteiger partial charge in [-0.2, -0.15) is 0 Å². The second-order valence-electron chi connectivity index (χ2n) is 6.41. The average Bonchev–Trinajstić information content (AvgIpc) is 3.07. The minimum atomic E-state index is -0.0734. The van der Waals surface area contributed by atoms with Crippen LogP contribution < -0.4 is 0 Å². The summed E-state index contributed by atoms with van der Waals surface area (Å²) in [6, 6.07) is 1.89. The molecule has 1 aromatic rings. The lowest BCUT2D eigenvalue weighted by Crippen LogP contribution is -2.43. The van der Waals surface area contributed by atoms with Crippen LogP contribution in [0.25, 0.3) is 0 Å². The zero-order valence-corrected chi connectivity index (χ0v) is 12.3. The van der Waals surface area contributed by atoms with Gasteiger partial charge in [0.1, 0.15) is 6.26 Å². The van der Waals surface area contributed by atoms with Crippen LogP contribution in [-0.4, -0.2) is 54.1 Å². The van der Waals surface area contributed by atoms with E-state index in [4.69, 9.17) is 4.52 Å². The van der Waals surface area contributed by atoms with Gasteiger partial charge >= 0.3 is 0 Å². The van der Waals surface area contributed by atoms with Crippen LogP contribution in [0.3, 0.4) is 0 Å². The van der Waals surface area contributed by atoms with Crippen LogP contribution in [0.4, 0.5) is 0 Å². The van der Waals surface area contributed by atoms with Gasteiger partial charge in [-0.05, 0) is 39.4 Å². The molecule has 5 nitrogen and oxygen atoms in total. The first-order valence-corrected chi connectivity index (χ1v) is 7.49. The lowest BCUT2D eigenvalue weighted by molar-refractivity contribution is -0.138. The summed E-state index contributed by atoms with van der Waals surface area (Å²) in [7, 11) is 2.14. The van der Waals surface area contributed by atoms with Crippen molar-refractivity contribution in [1.29, 1.82) is 0 Å². The molecule has 0 saturated carbocycles. The van der Waals surface area contributed by atoms with Crippen LogP contribution >= 0.6 is 0 Å². The average molecular weight is 277 g/mol. The summed E-state index contributed by atoms with van der Waals surface area (Å²) in [6.07, 6.45) is 4.63. The van der Waals surface area contributed by atoms with Crippen molar-refractivity contribution in [2.45, 2.75) is 32.1 Å². The molecule has 2 saturated heterocycles. The van der Waals surface area contributed by atoms with Gasteiger partial charge in [0.25, 0.3) is 0 Å². The number of nitrogens with zero attached hydrogens (tertiary/aromatic N) is 3. The first-order chi connectivity index (χ1) is 9.61. The van der Waals surface area contributed by atoms with Gasteiger partial charge in [0.15, 0.2) is 0 Å². The standard InChI is InChI=1S/C15H23N3O2/c1-12(13-3-10-20-16-13)11-18-9-6-15(14(18)19)4-7-17(2)8-5-15/h3,10,12H,4-9,11H2,1-2H3. The van der Waals surface area contributed by atoms with E-state index in [1.54, 1.807) is 6.26 Å². The summed E-state index contributed by atoms with van der Waals surface area (Å²) in [5.41, 5.74) is 0.859. The van der Waals surface area contributed by atoms with Gasteiger partial charge in [-0.25, -0.2) is 0 Å². The Morgan fingerprint density at radius 1 is 1.35 bits per heavy atom. The van der Waals surface area contributed by atoms with Crippen LogP contribution in [0.5, 0.6) is 0 Å². The molecule has 5 heteroatoms. The molecular formula is C15H23N3O2. The summed E-state index contributed by atoms with van der Waals surface area (Å²) in [4.78, 5) is 17.1. The minimum absolute atomic E-state index is 0.0734. The van der Waals surface area contributed by atoms with Crippen molar-refractivity contribution >= 4 is 5.91 Å². The van der Waals surface area contributed by atoms with Crippen LogP contribution in [0.1, 0.15) is 37.8 Å². The normalized spacial score (nSPS) is 24.5. The van der Waals surface area contributed by atoms with E-state index in [9.17, 15) is 4.79 Å². The van der Waals surface area contributed by atoms with Gasteiger partial charge in [0.2, 0.25) is 5.91 Å². The van der Waals surface area contributed by atoms with Crippen LogP contribution in [-0.2, 0) is 4.79 Å². The third kappa shape index (κ3) is 2.35. The van der Waals surface area contributed by atoms with Gasteiger partial charge in [-0.3, -0.25) is 4.79 Å². The third-order valence-corrected chi connectivity index (χ3v) is 5.00. The number of likely N-dealkylation sites (tertiary alicyclic amines) is 2. The van der Waals surface area contributed by atoms with Crippen molar-refractivity contribution in [2.24, 2.45) is 5.41 Å². The molecule has 1 amide bonds. The number of hydrogen-bond acceptors (Lipinski definition) is 4. The number of aromatic nitrogens is 1. The number of amides is 1. The molecule has 3 heterocycles. The smallest absolute Gasteiger partial charge is 0.228 e. The van der Waals surface area contributed by atoms with E-state index in [0.717, 1.165) is 51.1 Å². The Morgan fingerprint density at radius 2 is 2.05 bits per heavy atom. The number of rotatable bonds is 3. The Hall–Kier alpha value is -1.36. The highest BCUT2D eigenvalue weighted by molar-refractivity contribution is 5.85. The topological polar surface area (TPSA) is 49.6 Å². The lowest BCUT2D eigenvalue weighted by Gasteiger charge is -2.36. The number of carbonyl (C=O) groups excluding carboxylic acids is 1. The predicted molar refractivity (Wildman–Crippen MR) is 75.3 cm³/mol. The SMILES string of the molecule is CC(CN1CCC2(CCN(C)CC2)C1=O)c1ccon1. The first kappa shape index (κ1) is 13.6. The quantitative estimate of drug-likeness (QED) is 0.844. The Labute approximate surface area is 119 Å². The number of hydrogen-bond donors (Lipinski definition) is 0. The second kappa shape index (κ2) is 5.20. The molecule has 2 aliphatic rings. The number of carbonyl (C=O) groups is 1. The van der Waals surface area contributed by atoms with E-state index < -0.39 is 0 Å². The van der Waals surface area contributed by atoms with Crippen molar-refractivity contribution in [3.8, 4) is 0 Å². The van der Waals surface area contributed by atoms with E-state index in [1.807, 2.05) is 11.0 Å². The fourth-order valence-corrected chi connectivity index (χ4v) is 3.48. The molecule has 0 N–H and O–H groups in total. The molecule has 1 aromatic heterocycles. The second-order valence-corrected chi connectivity index (χ2v) is 6.41. The molecule has 0 radical (unpaired) electrons. The van der Waals surface area contributed by atoms with E-state index >= 15 is 0 Å². The highest BCUT2D eigenvalue weighted by atomic mass is 16.5. The van der Waals surface area contributed by atoms with Gasteiger partial charge in [-0.15, -0.1) is 0 Å². The van der Waals surface area contributed by atoms with E-state index in [-0.39, 0.29) is 11.3 Å². The fraction of sp³-hybridized carbons (Fsp3) is 0.733. The molecule has 0 bridgehead atoms. The highest BCUT2D eigenvalue weighted by Crippen LogP contribution is 2.41. The van der Waals surface area contributed by atoms with Crippen molar-refractivity contribution in [2.75, 3.05) is 33.2 Å². The Bertz CT molecular complexity index is 463. The maximum absolute atomic E-state index is 12.8. The first-order valence-electron chi connectivity index (χ1n) is 7.49. The van der Waals surface area contributed by atoms with Crippen molar-refractivity contribution in [1.82, 2.24) is 15.0 Å². The molecule has 2 fully saturated rings. The maximum Gasteiger partial charge on any atom is 0.228 e. The zero-order chi connectivity index (χ0) is 14.2. The Kier molecular flexibility index (Phi) is 3.54. The number of piperidine rings is 1. The highest BCUT2D eigenvalue weighted by Gasteiger charge is 2.47. The summed E-state index contributed by atoms with van der Waals surface area (Å²) >= 11 is 0. The predicted octanol–water partition coefficient (Wildman–Crippen LogP) is 1.72. The summed E-state index contributed by atoms with van der Waals surface area (Å²) in [5, 5.41) is 3.98. The largest absolute Gasteiger partial charge is 0.365 e. The summed E-state index contributed by atoms with van der Waals surface area (Å²) in [6.45, 7) is 5.83. The van der Waals surface area contributed by atoms with Crippen molar-refractivity contribution in [3.63, 3.8) is 0 Å². The molecule has 20 heavy (non-hydrogen) atoms. The Morgan fingerprint density at radius 3 is 2.70 bits per heavy atom. The maximum atomic E-state index is 12.8. The lowest BCUT2D eigenvalue weighted by atomic mass is 9.77. The van der Waals surface area contributed by atoms with Crippen molar-refractivity contribution in [3.05, 3.63) is 18.0 Å². The van der Waals surface area contributed by atoms with Crippen molar-refractivity contribution < 1.29 is 9.32 Å². The van der Waals surface area contributed by atoms with Crippen LogP contribution in [0, 0.1) is 5.41 Å². The van der Waals surface area contributed by atoms with Crippen LogP contribution in [0.15, 0.2) is 16.9 Å². The van der Waals surface area contributed by atoms with Crippen LogP contribution in [0.2, 0.25) is 0 Å². The van der Waals surface area contributed by atoms with E-state index in [0.29, 0.717) is 5.91 Å². The van der Waals surface area contributed by atoms with E-state index in [1.165, 1.54) is 0 Å². The molecule has 1 spiro atoms. The molecule has 110 valence electrons. The van der Waals surface area contributed by atoms with Gasteiger partial charge in [0, 0.05) is 25.1 Å². The van der Waals surface area contributed by atoms with Gasteiger partial charge in [-0.1, -0.05) is 12.1 Å². The molecule has 1 unspecified atom stereocenters. The third-order valence-electron chi connectivity index (χ3n) is 5.00. The molecule has 0 aromatic carbocycles. The molecule has 1 atom stereocenters. The van der Waals surface area contributed by atoms with Gasteiger partial charge < -0.3 is 14.3 Å². The van der Waals surface area contributed by atoms with E-state index in [2.05, 4.69) is 24.0 Å². The summed E-state index contributed by atoms with van der Waals surface area (Å²) in [5.74, 6) is 0.597. The molecule has 3 rings (SSSR count). The Balaban J connectivity index is 1.64. The molecule has 0 aliphatic carbocycles. The molecular weight excluding hydrogens is 254 g/mol. The zero-order valence-electron chi connectivity index (χ0n) is 12.3. The molecule has 2 aliphatic heterocycles.